The smallest absolute Gasteiger partial charge is 0.222 e. The number of benzene rings is 2. The Bertz CT molecular complexity index is 836. The maximum atomic E-state index is 13.1. The number of nitrogens with zero attached hydrogens (tertiary/aromatic N) is 1. The maximum absolute atomic E-state index is 13.1. The predicted octanol–water partition coefficient (Wildman–Crippen LogP) is 2.69. The van der Waals surface area contributed by atoms with Crippen LogP contribution in [-0.4, -0.2) is 47.1 Å². The van der Waals surface area contributed by atoms with Gasteiger partial charge in [0.15, 0.2) is 0 Å². The molecule has 0 unspecified atom stereocenters. The van der Waals surface area contributed by atoms with Crippen molar-refractivity contribution < 1.29 is 19.1 Å². The van der Waals surface area contributed by atoms with Crippen molar-refractivity contribution in [3.8, 4) is 11.1 Å². The Labute approximate surface area is 164 Å². The third kappa shape index (κ3) is 3.92. The van der Waals surface area contributed by atoms with Crippen molar-refractivity contribution in [3.05, 3.63) is 59.9 Å². The first-order valence-electron chi connectivity index (χ1n) is 9.48. The molecule has 0 bridgehead atoms. The summed E-state index contributed by atoms with van der Waals surface area (Å²) in [4.78, 5) is 25.4. The molecule has 0 spiro atoms. The fourth-order valence-electron chi connectivity index (χ4n) is 3.96. The van der Waals surface area contributed by atoms with E-state index in [9.17, 15) is 19.1 Å². The van der Waals surface area contributed by atoms with E-state index in [1.807, 2.05) is 24.3 Å². The van der Waals surface area contributed by atoms with Gasteiger partial charge in [0.1, 0.15) is 5.82 Å². The van der Waals surface area contributed by atoms with Crippen molar-refractivity contribution in [3.63, 3.8) is 0 Å². The largest absolute Gasteiger partial charge is 0.394 e. The number of amides is 2. The summed E-state index contributed by atoms with van der Waals surface area (Å²) in [5.74, 6) is -0.521. The topological polar surface area (TPSA) is 69.6 Å². The SMILES string of the molecule is CCC(=O)N1[C@H](CO)[C@H](c2ccc(-c3ccc(F)cc3)cc2)[C@H]1CNC(C)=O. The molecule has 2 aromatic rings. The van der Waals surface area contributed by atoms with Crippen LogP contribution in [0.25, 0.3) is 11.1 Å². The lowest BCUT2D eigenvalue weighted by molar-refractivity contribution is -0.150. The van der Waals surface area contributed by atoms with Crippen LogP contribution in [0.2, 0.25) is 0 Å². The lowest BCUT2D eigenvalue weighted by atomic mass is 9.74. The second kappa shape index (κ2) is 8.52. The van der Waals surface area contributed by atoms with E-state index in [1.165, 1.54) is 19.1 Å². The minimum Gasteiger partial charge on any atom is -0.394 e. The summed E-state index contributed by atoms with van der Waals surface area (Å²) in [6.45, 7) is 3.45. The first-order valence-corrected chi connectivity index (χ1v) is 9.48. The predicted molar refractivity (Wildman–Crippen MR) is 105 cm³/mol. The zero-order valence-electron chi connectivity index (χ0n) is 16.1. The van der Waals surface area contributed by atoms with Gasteiger partial charge in [-0.2, -0.15) is 0 Å². The highest BCUT2D eigenvalue weighted by atomic mass is 19.1. The molecule has 1 saturated heterocycles. The van der Waals surface area contributed by atoms with Gasteiger partial charge in [0.25, 0.3) is 0 Å². The molecule has 0 aliphatic carbocycles. The van der Waals surface area contributed by atoms with E-state index in [2.05, 4.69) is 5.32 Å². The van der Waals surface area contributed by atoms with Crippen LogP contribution in [0.3, 0.4) is 0 Å². The molecule has 0 radical (unpaired) electrons. The first-order chi connectivity index (χ1) is 13.5. The number of likely N-dealkylation sites (tertiary alicyclic amines) is 1. The van der Waals surface area contributed by atoms with E-state index in [4.69, 9.17) is 0 Å². The van der Waals surface area contributed by atoms with Crippen LogP contribution in [0.4, 0.5) is 4.39 Å². The van der Waals surface area contributed by atoms with Crippen molar-refractivity contribution >= 4 is 11.8 Å². The molecule has 1 aliphatic heterocycles. The molecule has 3 atom stereocenters. The van der Waals surface area contributed by atoms with Gasteiger partial charge >= 0.3 is 0 Å². The number of hydrogen-bond donors (Lipinski definition) is 2. The molecule has 1 aliphatic rings. The number of carbonyl (C=O) groups excluding carboxylic acids is 2. The minimum atomic E-state index is -0.303. The monoisotopic (exact) mass is 384 g/mol. The van der Waals surface area contributed by atoms with Crippen LogP contribution in [-0.2, 0) is 9.59 Å². The molecule has 3 rings (SSSR count). The van der Waals surface area contributed by atoms with E-state index < -0.39 is 0 Å². The average molecular weight is 384 g/mol. The number of rotatable bonds is 6. The maximum Gasteiger partial charge on any atom is 0.222 e. The number of nitrogens with one attached hydrogen (secondary N) is 1. The highest BCUT2D eigenvalue weighted by Gasteiger charge is 2.50. The Balaban J connectivity index is 1.85. The van der Waals surface area contributed by atoms with E-state index in [0.717, 1.165) is 16.7 Å². The molecule has 0 aromatic heterocycles. The average Bonchev–Trinajstić information content (AvgIpc) is 2.68. The van der Waals surface area contributed by atoms with Gasteiger partial charge < -0.3 is 15.3 Å². The van der Waals surface area contributed by atoms with Crippen LogP contribution in [0, 0.1) is 5.82 Å². The molecule has 1 fully saturated rings. The standard InChI is InChI=1S/C22H25FN2O3/c1-3-21(28)25-19(12-24-14(2)27)22(20(25)13-26)17-6-4-15(5-7-17)16-8-10-18(23)11-9-16/h4-11,19-20,22,26H,3,12-13H2,1-2H3,(H,24,27)/t19-,20-,22-/m1/s1. The van der Waals surface area contributed by atoms with Gasteiger partial charge in [-0.3, -0.25) is 9.59 Å². The number of aliphatic hydroxyl groups is 1. The van der Waals surface area contributed by atoms with Gasteiger partial charge in [0, 0.05) is 25.8 Å². The van der Waals surface area contributed by atoms with Crippen LogP contribution in [0.1, 0.15) is 31.7 Å². The lowest BCUT2D eigenvalue weighted by Gasteiger charge is -2.55. The molecule has 6 heteroatoms. The Hall–Kier alpha value is -2.73. The van der Waals surface area contributed by atoms with Gasteiger partial charge in [0.2, 0.25) is 11.8 Å². The van der Waals surface area contributed by atoms with Gasteiger partial charge in [-0.15, -0.1) is 0 Å². The molecule has 0 saturated carbocycles. The van der Waals surface area contributed by atoms with E-state index >= 15 is 0 Å². The molecule has 2 aromatic carbocycles. The van der Waals surface area contributed by atoms with Crippen LogP contribution in [0.5, 0.6) is 0 Å². The third-order valence-corrected chi connectivity index (χ3v) is 5.35. The summed E-state index contributed by atoms with van der Waals surface area (Å²) in [5.41, 5.74) is 2.88. The highest BCUT2D eigenvalue weighted by Crippen LogP contribution is 2.41. The lowest BCUT2D eigenvalue weighted by Crippen LogP contribution is -2.68. The summed E-state index contributed by atoms with van der Waals surface area (Å²) in [6, 6.07) is 13.7. The molecular formula is C22H25FN2O3. The second-order valence-electron chi connectivity index (χ2n) is 7.06. The quantitative estimate of drug-likeness (QED) is 0.805. The fraction of sp³-hybridized carbons (Fsp3) is 0.364. The van der Waals surface area contributed by atoms with Gasteiger partial charge in [0.05, 0.1) is 18.7 Å². The summed E-state index contributed by atoms with van der Waals surface area (Å²) >= 11 is 0. The van der Waals surface area contributed by atoms with Gasteiger partial charge in [-0.1, -0.05) is 43.3 Å². The van der Waals surface area contributed by atoms with E-state index in [-0.39, 0.29) is 42.2 Å². The van der Waals surface area contributed by atoms with Crippen LogP contribution in [0.15, 0.2) is 48.5 Å². The number of aliphatic hydroxyl groups excluding tert-OH is 1. The molecule has 148 valence electrons. The van der Waals surface area contributed by atoms with Crippen LogP contribution >= 0.6 is 0 Å². The first kappa shape index (κ1) is 20.0. The van der Waals surface area contributed by atoms with Crippen molar-refractivity contribution in [2.75, 3.05) is 13.2 Å². The van der Waals surface area contributed by atoms with Crippen LogP contribution < -0.4 is 5.32 Å². The molecule has 28 heavy (non-hydrogen) atoms. The normalized spacial score (nSPS) is 21.1. The van der Waals surface area contributed by atoms with Gasteiger partial charge in [-0.05, 0) is 28.8 Å². The summed E-state index contributed by atoms with van der Waals surface area (Å²) in [5, 5.41) is 12.7. The summed E-state index contributed by atoms with van der Waals surface area (Å²) in [7, 11) is 0. The zero-order valence-corrected chi connectivity index (χ0v) is 16.1. The number of hydrogen-bond acceptors (Lipinski definition) is 3. The summed E-state index contributed by atoms with van der Waals surface area (Å²) < 4.78 is 13.1. The Morgan fingerprint density at radius 2 is 1.61 bits per heavy atom. The van der Waals surface area contributed by atoms with Crippen molar-refractivity contribution in [1.82, 2.24) is 10.2 Å². The molecule has 2 N–H and O–H groups in total. The van der Waals surface area contributed by atoms with Gasteiger partial charge in [-0.25, -0.2) is 4.39 Å². The Morgan fingerprint density at radius 3 is 2.11 bits per heavy atom. The highest BCUT2D eigenvalue weighted by molar-refractivity contribution is 5.79. The van der Waals surface area contributed by atoms with E-state index in [0.29, 0.717) is 13.0 Å². The van der Waals surface area contributed by atoms with E-state index in [1.54, 1.807) is 24.0 Å². The Morgan fingerprint density at radius 1 is 1.04 bits per heavy atom. The number of halogens is 1. The minimum absolute atomic E-state index is 0.0337. The Kier molecular flexibility index (Phi) is 6.09. The second-order valence-corrected chi connectivity index (χ2v) is 7.06. The molecular weight excluding hydrogens is 359 g/mol. The zero-order chi connectivity index (χ0) is 20.3. The molecule has 5 nitrogen and oxygen atoms in total. The molecule has 2 amide bonds. The fourth-order valence-corrected chi connectivity index (χ4v) is 3.96. The number of carbonyl (C=O) groups is 2. The van der Waals surface area contributed by atoms with Crippen molar-refractivity contribution in [2.24, 2.45) is 0 Å². The van der Waals surface area contributed by atoms with Crippen molar-refractivity contribution in [1.29, 1.82) is 0 Å². The molecule has 1 heterocycles. The van der Waals surface area contributed by atoms with Crippen molar-refractivity contribution in [2.45, 2.75) is 38.3 Å². The summed E-state index contributed by atoms with van der Waals surface area (Å²) in [6.07, 6.45) is 0.350. The third-order valence-electron chi connectivity index (χ3n) is 5.35.